The molecule has 1 saturated heterocycles. The van der Waals surface area contributed by atoms with Crippen LogP contribution in [0.5, 0.6) is 0 Å². The molecule has 1 aliphatic rings. The summed E-state index contributed by atoms with van der Waals surface area (Å²) < 4.78 is 5.22. The summed E-state index contributed by atoms with van der Waals surface area (Å²) in [7, 11) is 0. The number of aliphatic imine (C=N–C) groups is 1. The van der Waals surface area contributed by atoms with E-state index in [1.807, 2.05) is 6.92 Å². The van der Waals surface area contributed by atoms with E-state index in [4.69, 9.17) is 4.42 Å². The van der Waals surface area contributed by atoms with Crippen molar-refractivity contribution in [3.8, 4) is 0 Å². The Kier molecular flexibility index (Phi) is 10.9. The molecule has 0 radical (unpaired) electrons. The number of nitrogens with one attached hydrogen (secondary N) is 3. The summed E-state index contributed by atoms with van der Waals surface area (Å²) in [6.07, 6.45) is 4.83. The van der Waals surface area contributed by atoms with E-state index >= 15 is 0 Å². The first-order valence-electron chi connectivity index (χ1n) is 11.3. The summed E-state index contributed by atoms with van der Waals surface area (Å²) in [6.45, 7) is 10.3. The van der Waals surface area contributed by atoms with Gasteiger partial charge in [0.25, 0.3) is 5.91 Å². The third-order valence-corrected chi connectivity index (χ3v) is 5.50. The van der Waals surface area contributed by atoms with Crippen molar-refractivity contribution in [3.05, 3.63) is 53.5 Å². The lowest BCUT2D eigenvalue weighted by Crippen LogP contribution is -2.39. The summed E-state index contributed by atoms with van der Waals surface area (Å²) in [5.41, 5.74) is 3.39. The predicted octanol–water partition coefficient (Wildman–Crippen LogP) is 4.24. The Morgan fingerprint density at radius 1 is 1.22 bits per heavy atom. The standard InChI is InChI=1S/C24H35N5O2.HI/c1-4-25-24(27-13-8-12-26-23(30)22-18(2)11-16-31-22)28-19(3)20-9-7-10-21(17-20)29-14-5-6-15-29;/h7,9-11,16-17,19H,4-6,8,12-15H2,1-3H3,(H,26,30)(H2,25,27,28);1H. The van der Waals surface area contributed by atoms with Crippen molar-refractivity contribution < 1.29 is 9.21 Å². The second-order valence-electron chi connectivity index (χ2n) is 7.96. The molecule has 0 bridgehead atoms. The Morgan fingerprint density at radius 2 is 2.00 bits per heavy atom. The van der Waals surface area contributed by atoms with Crippen LogP contribution in [-0.2, 0) is 0 Å². The fourth-order valence-corrected chi connectivity index (χ4v) is 3.73. The number of hydrogen-bond acceptors (Lipinski definition) is 4. The van der Waals surface area contributed by atoms with Crippen molar-refractivity contribution in [2.45, 2.75) is 46.1 Å². The van der Waals surface area contributed by atoms with Gasteiger partial charge in [-0.05, 0) is 63.8 Å². The van der Waals surface area contributed by atoms with Crippen LogP contribution in [0.3, 0.4) is 0 Å². The number of benzene rings is 1. The Morgan fingerprint density at radius 3 is 2.69 bits per heavy atom. The number of aryl methyl sites for hydroxylation is 1. The highest BCUT2D eigenvalue weighted by Crippen LogP contribution is 2.23. The number of carbonyl (C=O) groups excluding carboxylic acids is 1. The van der Waals surface area contributed by atoms with E-state index in [0.717, 1.165) is 37.6 Å². The number of carbonyl (C=O) groups is 1. The zero-order valence-corrected chi connectivity index (χ0v) is 21.6. The van der Waals surface area contributed by atoms with Gasteiger partial charge in [-0.2, -0.15) is 0 Å². The molecule has 1 unspecified atom stereocenters. The van der Waals surface area contributed by atoms with E-state index in [-0.39, 0.29) is 35.9 Å². The molecule has 3 rings (SSSR count). The van der Waals surface area contributed by atoms with Gasteiger partial charge in [-0.15, -0.1) is 24.0 Å². The molecule has 0 saturated carbocycles. The molecule has 0 aliphatic carbocycles. The Balaban J connectivity index is 0.00000363. The highest BCUT2D eigenvalue weighted by molar-refractivity contribution is 14.0. The van der Waals surface area contributed by atoms with Gasteiger partial charge in [0.05, 0.1) is 12.3 Å². The maximum atomic E-state index is 12.1. The fraction of sp³-hybridized carbons (Fsp3) is 0.500. The molecule has 0 spiro atoms. The van der Waals surface area contributed by atoms with Crippen LogP contribution in [-0.4, -0.2) is 44.6 Å². The van der Waals surface area contributed by atoms with Crippen molar-refractivity contribution in [3.63, 3.8) is 0 Å². The van der Waals surface area contributed by atoms with Gasteiger partial charge in [0.1, 0.15) is 0 Å². The first kappa shape index (κ1) is 26.0. The molecule has 1 aliphatic heterocycles. The Labute approximate surface area is 208 Å². The van der Waals surface area contributed by atoms with Crippen LogP contribution in [0.15, 0.2) is 46.0 Å². The number of halogens is 1. The van der Waals surface area contributed by atoms with E-state index in [2.05, 4.69) is 64.0 Å². The molecule has 176 valence electrons. The van der Waals surface area contributed by atoms with E-state index in [1.54, 1.807) is 6.07 Å². The van der Waals surface area contributed by atoms with E-state index in [9.17, 15) is 4.79 Å². The van der Waals surface area contributed by atoms with E-state index in [0.29, 0.717) is 18.8 Å². The molecule has 2 heterocycles. The minimum Gasteiger partial charge on any atom is -0.459 e. The van der Waals surface area contributed by atoms with Crippen LogP contribution in [0.25, 0.3) is 0 Å². The minimum atomic E-state index is -0.178. The van der Waals surface area contributed by atoms with Gasteiger partial charge in [0.15, 0.2) is 11.7 Å². The van der Waals surface area contributed by atoms with Crippen molar-refractivity contribution in [2.75, 3.05) is 37.6 Å². The zero-order chi connectivity index (χ0) is 22.1. The lowest BCUT2D eigenvalue weighted by Gasteiger charge is -2.22. The van der Waals surface area contributed by atoms with Gasteiger partial charge in [-0.1, -0.05) is 12.1 Å². The zero-order valence-electron chi connectivity index (χ0n) is 19.3. The third kappa shape index (κ3) is 7.43. The number of rotatable bonds is 9. The van der Waals surface area contributed by atoms with Gasteiger partial charge in [-0.25, -0.2) is 0 Å². The lowest BCUT2D eigenvalue weighted by molar-refractivity contribution is 0.0925. The first-order chi connectivity index (χ1) is 15.1. The lowest BCUT2D eigenvalue weighted by atomic mass is 10.1. The van der Waals surface area contributed by atoms with Gasteiger partial charge >= 0.3 is 0 Å². The van der Waals surface area contributed by atoms with Crippen LogP contribution in [0, 0.1) is 6.92 Å². The van der Waals surface area contributed by atoms with Gasteiger partial charge < -0.3 is 25.3 Å². The fourth-order valence-electron chi connectivity index (χ4n) is 3.73. The van der Waals surface area contributed by atoms with Crippen molar-refractivity contribution in [1.82, 2.24) is 16.0 Å². The van der Waals surface area contributed by atoms with Crippen molar-refractivity contribution in [1.29, 1.82) is 0 Å². The molecule has 2 aromatic rings. The monoisotopic (exact) mass is 553 g/mol. The molecule has 32 heavy (non-hydrogen) atoms. The number of anilines is 1. The summed E-state index contributed by atoms with van der Waals surface area (Å²) in [4.78, 5) is 19.2. The summed E-state index contributed by atoms with van der Waals surface area (Å²) in [5, 5.41) is 9.69. The van der Waals surface area contributed by atoms with E-state index in [1.165, 1.54) is 30.4 Å². The summed E-state index contributed by atoms with van der Waals surface area (Å²) in [5.74, 6) is 0.987. The molecule has 7 nitrogen and oxygen atoms in total. The van der Waals surface area contributed by atoms with Crippen LogP contribution in [0.1, 0.15) is 60.8 Å². The summed E-state index contributed by atoms with van der Waals surface area (Å²) >= 11 is 0. The maximum Gasteiger partial charge on any atom is 0.287 e. The van der Waals surface area contributed by atoms with Crippen LogP contribution in [0.4, 0.5) is 5.69 Å². The molecule has 1 aromatic heterocycles. The van der Waals surface area contributed by atoms with Gasteiger partial charge in [0.2, 0.25) is 0 Å². The topological polar surface area (TPSA) is 81.9 Å². The average molecular weight is 553 g/mol. The van der Waals surface area contributed by atoms with Gasteiger partial charge in [-0.3, -0.25) is 9.79 Å². The third-order valence-electron chi connectivity index (χ3n) is 5.50. The Hall–Kier alpha value is -2.23. The second-order valence-corrected chi connectivity index (χ2v) is 7.96. The molecule has 1 aromatic carbocycles. The minimum absolute atomic E-state index is 0. The maximum absolute atomic E-state index is 12.1. The van der Waals surface area contributed by atoms with E-state index < -0.39 is 0 Å². The number of guanidine groups is 1. The smallest absolute Gasteiger partial charge is 0.287 e. The number of hydrogen-bond donors (Lipinski definition) is 3. The van der Waals surface area contributed by atoms with Crippen molar-refractivity contribution >= 4 is 41.5 Å². The Bertz CT molecular complexity index is 877. The highest BCUT2D eigenvalue weighted by Gasteiger charge is 2.15. The highest BCUT2D eigenvalue weighted by atomic mass is 127. The quantitative estimate of drug-likeness (QED) is 0.187. The predicted molar refractivity (Wildman–Crippen MR) is 141 cm³/mol. The first-order valence-corrected chi connectivity index (χ1v) is 11.3. The normalized spacial score (nSPS) is 14.6. The number of furan rings is 1. The summed E-state index contributed by atoms with van der Waals surface area (Å²) in [6, 6.07) is 10.7. The molecule has 1 fully saturated rings. The molecular weight excluding hydrogens is 517 g/mol. The second kappa shape index (κ2) is 13.3. The average Bonchev–Trinajstić information content (AvgIpc) is 3.45. The SMILES string of the molecule is CCNC(=NCCCNC(=O)c1occc1C)NC(C)c1cccc(N2CCCC2)c1.I. The largest absolute Gasteiger partial charge is 0.459 e. The van der Waals surface area contributed by atoms with Crippen LogP contribution < -0.4 is 20.9 Å². The molecule has 8 heteroatoms. The number of nitrogens with zero attached hydrogens (tertiary/aromatic N) is 2. The van der Waals surface area contributed by atoms with Gasteiger partial charge in [0, 0.05) is 44.0 Å². The van der Waals surface area contributed by atoms with Crippen molar-refractivity contribution in [2.24, 2.45) is 4.99 Å². The van der Waals surface area contributed by atoms with Crippen LogP contribution >= 0.6 is 24.0 Å². The molecular formula is C24H36IN5O2. The number of amides is 1. The molecule has 1 atom stereocenters. The molecule has 1 amide bonds. The van der Waals surface area contributed by atoms with Crippen LogP contribution in [0.2, 0.25) is 0 Å². The molecule has 3 N–H and O–H groups in total.